The van der Waals surface area contributed by atoms with Gasteiger partial charge in [0, 0.05) is 21.2 Å². The summed E-state index contributed by atoms with van der Waals surface area (Å²) in [4.78, 5) is 27.1. The van der Waals surface area contributed by atoms with E-state index in [4.69, 9.17) is 0 Å². The Balaban J connectivity index is 2.33. The molecule has 3 rings (SSSR count). The van der Waals surface area contributed by atoms with E-state index in [-0.39, 0.29) is 11.6 Å². The largest absolute Gasteiger partial charge is 0.289 e. The normalized spacial score (nSPS) is 13.8. The summed E-state index contributed by atoms with van der Waals surface area (Å²) >= 11 is 1.57. The Labute approximate surface area is 155 Å². The van der Waals surface area contributed by atoms with Crippen LogP contribution in [0.25, 0.3) is 0 Å². The van der Waals surface area contributed by atoms with Crippen LogP contribution in [0.5, 0.6) is 0 Å². The van der Waals surface area contributed by atoms with E-state index in [0.29, 0.717) is 22.3 Å². The molecule has 1 heterocycles. The van der Waals surface area contributed by atoms with Gasteiger partial charge in [-0.2, -0.15) is 0 Å². The van der Waals surface area contributed by atoms with Crippen LogP contribution in [0.1, 0.15) is 36.7 Å². The molecule has 5 heteroatoms. The highest BCUT2D eigenvalue weighted by Gasteiger charge is 2.38. The number of benzene rings is 1. The summed E-state index contributed by atoms with van der Waals surface area (Å²) in [5.74, 6) is 3.20. The third-order valence-corrected chi connectivity index (χ3v) is 9.56. The topological polar surface area (TPSA) is 34.1 Å². The standard InChI is InChI=1S/C20H22O2SSi2/c1-24(2,3)12-11-15-16-17(20(23-15)25(4,5)6)19(22)14-10-8-7-9-13(14)18(16)21/h7-10H,1-6H3. The molecule has 128 valence electrons. The Morgan fingerprint density at radius 3 is 1.84 bits per heavy atom. The number of rotatable bonds is 1. The molecule has 0 aliphatic heterocycles. The Morgan fingerprint density at radius 2 is 1.36 bits per heavy atom. The second kappa shape index (κ2) is 5.91. The van der Waals surface area contributed by atoms with Crippen LogP contribution in [0.2, 0.25) is 39.3 Å². The maximum absolute atomic E-state index is 13.2. The van der Waals surface area contributed by atoms with Crippen molar-refractivity contribution in [3.05, 3.63) is 51.4 Å². The van der Waals surface area contributed by atoms with Crippen LogP contribution in [0.4, 0.5) is 0 Å². The second-order valence-corrected chi connectivity index (χ2v) is 19.6. The van der Waals surface area contributed by atoms with Crippen LogP contribution in [0, 0.1) is 11.5 Å². The molecule has 0 saturated heterocycles. The van der Waals surface area contributed by atoms with Crippen molar-refractivity contribution in [1.29, 1.82) is 0 Å². The first-order valence-electron chi connectivity index (χ1n) is 8.39. The molecule has 0 fully saturated rings. The lowest BCUT2D eigenvalue weighted by molar-refractivity contribution is 0.0980. The molecule has 0 N–H and O–H groups in total. The molecule has 0 amide bonds. The van der Waals surface area contributed by atoms with Gasteiger partial charge < -0.3 is 0 Å². The Hall–Kier alpha value is -1.75. The predicted molar refractivity (Wildman–Crippen MR) is 111 cm³/mol. The van der Waals surface area contributed by atoms with Crippen molar-refractivity contribution in [2.75, 3.05) is 0 Å². The molecule has 2 aromatic rings. The molecule has 1 aliphatic carbocycles. The molecule has 0 bridgehead atoms. The molecule has 0 saturated carbocycles. The van der Waals surface area contributed by atoms with Gasteiger partial charge in [-0.25, -0.2) is 0 Å². The van der Waals surface area contributed by atoms with Gasteiger partial charge >= 0.3 is 0 Å². The summed E-state index contributed by atoms with van der Waals surface area (Å²) in [7, 11) is -3.34. The van der Waals surface area contributed by atoms with Crippen molar-refractivity contribution in [2.24, 2.45) is 0 Å². The smallest absolute Gasteiger partial charge is 0.196 e. The van der Waals surface area contributed by atoms with Crippen LogP contribution in [0.15, 0.2) is 24.3 Å². The Kier molecular flexibility index (Phi) is 4.27. The molecular formula is C20H22O2SSi2. The molecule has 0 unspecified atom stereocenters. The number of carbonyl (C=O) groups is 2. The highest BCUT2D eigenvalue weighted by molar-refractivity contribution is 7.27. The van der Waals surface area contributed by atoms with Crippen molar-refractivity contribution in [3.8, 4) is 11.5 Å². The minimum atomic E-state index is -1.77. The van der Waals surface area contributed by atoms with Gasteiger partial charge in [0.05, 0.1) is 18.5 Å². The van der Waals surface area contributed by atoms with E-state index in [1.54, 1.807) is 23.5 Å². The Morgan fingerprint density at radius 1 is 0.840 bits per heavy atom. The van der Waals surface area contributed by atoms with E-state index < -0.39 is 16.1 Å². The summed E-state index contributed by atoms with van der Waals surface area (Å²) in [5.41, 5.74) is 5.59. The van der Waals surface area contributed by atoms with E-state index in [9.17, 15) is 9.59 Å². The lowest BCUT2D eigenvalue weighted by Crippen LogP contribution is -2.40. The number of ketones is 2. The van der Waals surface area contributed by atoms with Gasteiger partial charge in [0.1, 0.15) is 8.07 Å². The molecule has 0 atom stereocenters. The lowest BCUT2D eigenvalue weighted by atomic mass is 9.85. The van der Waals surface area contributed by atoms with Crippen LogP contribution in [-0.2, 0) is 0 Å². The number of fused-ring (bicyclic) bond motifs is 2. The molecule has 1 aliphatic rings. The van der Waals surface area contributed by atoms with Crippen molar-refractivity contribution in [1.82, 2.24) is 0 Å². The van der Waals surface area contributed by atoms with Crippen molar-refractivity contribution in [3.63, 3.8) is 0 Å². The van der Waals surface area contributed by atoms with E-state index in [1.165, 1.54) is 0 Å². The third kappa shape index (κ3) is 3.22. The number of hydrogen-bond acceptors (Lipinski definition) is 3. The van der Waals surface area contributed by atoms with Crippen molar-refractivity contribution in [2.45, 2.75) is 39.3 Å². The zero-order valence-electron chi connectivity index (χ0n) is 15.5. The maximum Gasteiger partial charge on any atom is 0.196 e. The highest BCUT2D eigenvalue weighted by Crippen LogP contribution is 2.33. The zero-order chi connectivity index (χ0) is 18.6. The van der Waals surface area contributed by atoms with Gasteiger partial charge in [0.15, 0.2) is 11.6 Å². The quantitative estimate of drug-likeness (QED) is 0.464. The van der Waals surface area contributed by atoms with Crippen LogP contribution in [0.3, 0.4) is 0 Å². The van der Waals surface area contributed by atoms with Crippen LogP contribution >= 0.6 is 11.3 Å². The number of thiophene rings is 1. The summed E-state index contributed by atoms with van der Waals surface area (Å²) in [6, 6.07) is 7.15. The monoisotopic (exact) mass is 382 g/mol. The lowest BCUT2D eigenvalue weighted by Gasteiger charge is -2.20. The third-order valence-electron chi connectivity index (χ3n) is 4.01. The van der Waals surface area contributed by atoms with Gasteiger partial charge in [0.2, 0.25) is 0 Å². The molecule has 0 radical (unpaired) electrons. The van der Waals surface area contributed by atoms with E-state index in [1.807, 2.05) is 12.1 Å². The minimum absolute atomic E-state index is 0.0140. The van der Waals surface area contributed by atoms with Gasteiger partial charge in [-0.1, -0.05) is 69.5 Å². The minimum Gasteiger partial charge on any atom is -0.289 e. The summed E-state index contributed by atoms with van der Waals surface area (Å²) in [5, 5.41) is 0. The average Bonchev–Trinajstić information content (AvgIpc) is 2.90. The molecule has 25 heavy (non-hydrogen) atoms. The predicted octanol–water partition coefficient (Wildman–Crippen LogP) is 4.30. The van der Waals surface area contributed by atoms with E-state index >= 15 is 0 Å². The van der Waals surface area contributed by atoms with E-state index in [0.717, 1.165) is 9.38 Å². The van der Waals surface area contributed by atoms with Gasteiger partial charge in [-0.05, 0) is 0 Å². The first kappa shape index (κ1) is 18.1. The summed E-state index contributed by atoms with van der Waals surface area (Å²) in [6.45, 7) is 13.2. The zero-order valence-corrected chi connectivity index (χ0v) is 18.4. The van der Waals surface area contributed by atoms with Crippen LogP contribution in [-0.4, -0.2) is 27.7 Å². The number of hydrogen-bond donors (Lipinski definition) is 0. The summed E-state index contributed by atoms with van der Waals surface area (Å²) in [6.07, 6.45) is 0. The first-order valence-corrected chi connectivity index (χ1v) is 16.2. The van der Waals surface area contributed by atoms with Gasteiger partial charge in [-0.3, -0.25) is 9.59 Å². The molecule has 1 aromatic heterocycles. The molecule has 2 nitrogen and oxygen atoms in total. The van der Waals surface area contributed by atoms with Gasteiger partial charge in [0.25, 0.3) is 0 Å². The highest BCUT2D eigenvalue weighted by atomic mass is 32.1. The average molecular weight is 383 g/mol. The second-order valence-electron chi connectivity index (χ2n) is 8.46. The fraction of sp³-hybridized carbons (Fsp3) is 0.300. The fourth-order valence-electron chi connectivity index (χ4n) is 2.87. The van der Waals surface area contributed by atoms with E-state index in [2.05, 4.69) is 50.7 Å². The fourth-order valence-corrected chi connectivity index (χ4v) is 6.88. The summed E-state index contributed by atoms with van der Waals surface area (Å²) < 4.78 is 1.09. The Bertz CT molecular complexity index is 960. The SMILES string of the molecule is C[Si](C)(C)C#Cc1sc([Si](C)(C)C)c2c1C(=O)c1ccccc1C2=O. The number of carbonyl (C=O) groups excluding carboxylic acids is 2. The first-order chi connectivity index (χ1) is 11.5. The van der Waals surface area contributed by atoms with Crippen molar-refractivity contribution < 1.29 is 9.59 Å². The van der Waals surface area contributed by atoms with Crippen molar-refractivity contribution >= 4 is 43.6 Å². The van der Waals surface area contributed by atoms with Crippen LogP contribution < -0.4 is 4.50 Å². The molecule has 0 spiro atoms. The molecule has 1 aromatic carbocycles. The maximum atomic E-state index is 13.2. The molecular weight excluding hydrogens is 360 g/mol. The van der Waals surface area contributed by atoms with Gasteiger partial charge in [-0.15, -0.1) is 16.9 Å².